The van der Waals surface area contributed by atoms with E-state index in [0.717, 1.165) is 31.6 Å². The molecule has 0 aromatic heterocycles. The van der Waals surface area contributed by atoms with Crippen LogP contribution in [0.4, 0.5) is 13.2 Å². The number of amides is 1. The van der Waals surface area contributed by atoms with E-state index in [1.165, 1.54) is 12.1 Å². The summed E-state index contributed by atoms with van der Waals surface area (Å²) < 4.78 is 39.4. The van der Waals surface area contributed by atoms with Crippen molar-refractivity contribution in [1.29, 1.82) is 0 Å². The van der Waals surface area contributed by atoms with Gasteiger partial charge in [-0.1, -0.05) is 19.1 Å². The fourth-order valence-electron chi connectivity index (χ4n) is 2.51. The van der Waals surface area contributed by atoms with E-state index in [-0.39, 0.29) is 17.4 Å². The number of halogens is 3. The number of nitrogens with zero attached hydrogens (tertiary/aromatic N) is 1. The van der Waals surface area contributed by atoms with Gasteiger partial charge < -0.3 is 10.2 Å². The highest BCUT2D eigenvalue weighted by atomic mass is 19.3. The summed E-state index contributed by atoms with van der Waals surface area (Å²) in [5.74, 6) is -1.17. The minimum atomic E-state index is -2.74. The minimum Gasteiger partial charge on any atom is -0.343 e. The zero-order chi connectivity index (χ0) is 16.1. The molecule has 1 amide bonds. The summed E-state index contributed by atoms with van der Waals surface area (Å²) in [6, 6.07) is 3.40. The van der Waals surface area contributed by atoms with Gasteiger partial charge in [0.2, 0.25) is 5.91 Å². The molecule has 1 saturated heterocycles. The highest BCUT2D eigenvalue weighted by Crippen LogP contribution is 2.22. The first-order valence-corrected chi connectivity index (χ1v) is 7.57. The molecule has 1 aromatic carbocycles. The number of hydrogen-bond donors (Lipinski definition) is 1. The second kappa shape index (κ2) is 7.63. The molecule has 0 bridgehead atoms. The molecule has 1 aliphatic heterocycles. The van der Waals surface area contributed by atoms with Gasteiger partial charge in [-0.05, 0) is 43.6 Å². The van der Waals surface area contributed by atoms with Crippen molar-refractivity contribution in [3.05, 3.63) is 35.6 Å². The molecule has 0 radical (unpaired) electrons. The molecule has 1 heterocycles. The van der Waals surface area contributed by atoms with E-state index in [0.29, 0.717) is 13.0 Å². The fraction of sp³-hybridized carbons (Fsp3) is 0.562. The van der Waals surface area contributed by atoms with E-state index in [2.05, 4.69) is 10.2 Å². The highest BCUT2D eigenvalue weighted by molar-refractivity contribution is 5.79. The Hall–Kier alpha value is -1.56. The van der Waals surface area contributed by atoms with Crippen LogP contribution in [0, 0.1) is 11.7 Å². The quantitative estimate of drug-likeness (QED) is 0.839. The normalized spacial score (nSPS) is 17.9. The maximum atomic E-state index is 13.2. The second-order valence-electron chi connectivity index (χ2n) is 5.63. The molecular formula is C16H21F3N2O. The fourth-order valence-corrected chi connectivity index (χ4v) is 2.51. The second-order valence-corrected chi connectivity index (χ2v) is 5.63. The number of rotatable bonds is 7. The Morgan fingerprint density at radius 3 is 2.36 bits per heavy atom. The van der Waals surface area contributed by atoms with Crippen LogP contribution in [0.5, 0.6) is 0 Å². The van der Waals surface area contributed by atoms with E-state index in [9.17, 15) is 18.0 Å². The summed E-state index contributed by atoms with van der Waals surface area (Å²) in [6.45, 7) is 4.39. The third-order valence-electron chi connectivity index (χ3n) is 4.07. The monoisotopic (exact) mass is 314 g/mol. The van der Waals surface area contributed by atoms with E-state index in [4.69, 9.17) is 0 Å². The molecule has 2 rings (SSSR count). The summed E-state index contributed by atoms with van der Waals surface area (Å²) in [4.78, 5) is 14.4. The van der Waals surface area contributed by atoms with E-state index < -0.39 is 18.3 Å². The number of likely N-dealkylation sites (tertiary alicyclic amines) is 1. The topological polar surface area (TPSA) is 32.3 Å². The first-order chi connectivity index (χ1) is 10.5. The molecule has 0 aliphatic carbocycles. The van der Waals surface area contributed by atoms with Crippen LogP contribution in [0.1, 0.15) is 31.4 Å². The van der Waals surface area contributed by atoms with E-state index in [1.807, 2.05) is 6.92 Å². The third-order valence-corrected chi connectivity index (χ3v) is 4.07. The lowest BCUT2D eigenvalue weighted by Crippen LogP contribution is -2.46. The van der Waals surface area contributed by atoms with E-state index in [1.54, 1.807) is 0 Å². The number of carbonyl (C=O) groups excluding carboxylic acids is 1. The molecule has 122 valence electrons. The minimum absolute atomic E-state index is 0.212. The van der Waals surface area contributed by atoms with Crippen LogP contribution in [0.15, 0.2) is 24.3 Å². The molecule has 1 aliphatic rings. The molecule has 0 saturated carbocycles. The van der Waals surface area contributed by atoms with Crippen LogP contribution in [-0.4, -0.2) is 36.9 Å². The molecular weight excluding hydrogens is 293 g/mol. The summed E-state index contributed by atoms with van der Waals surface area (Å²) >= 11 is 0. The largest absolute Gasteiger partial charge is 0.343 e. The Kier molecular flexibility index (Phi) is 5.83. The van der Waals surface area contributed by atoms with Crippen molar-refractivity contribution in [3.63, 3.8) is 0 Å². The molecule has 22 heavy (non-hydrogen) atoms. The lowest BCUT2D eigenvalue weighted by Gasteiger charge is -2.33. The van der Waals surface area contributed by atoms with Gasteiger partial charge in [0.1, 0.15) is 11.9 Å². The van der Waals surface area contributed by atoms with Gasteiger partial charge in [0.15, 0.2) is 0 Å². The van der Waals surface area contributed by atoms with Gasteiger partial charge in [0, 0.05) is 6.54 Å². The Morgan fingerprint density at radius 2 is 1.91 bits per heavy atom. The molecule has 1 N–H and O–H groups in total. The maximum absolute atomic E-state index is 13.2. The zero-order valence-corrected chi connectivity index (χ0v) is 12.6. The van der Waals surface area contributed by atoms with Crippen molar-refractivity contribution in [1.82, 2.24) is 10.2 Å². The standard InChI is InChI=1S/C16H21F3N2O/c1-2-11(10-21-8-3-9-21)16(22)20-14(15(18)19)12-4-6-13(17)7-5-12/h4-7,11,14-15H,2-3,8-10H2,1H3,(H,20,22)/t11-,14?/m0/s1. The summed E-state index contributed by atoms with van der Waals surface area (Å²) in [6.07, 6.45) is -1.02. The SMILES string of the molecule is CC[C@@H](CN1CCC1)C(=O)NC(c1ccc(F)cc1)C(F)F. The van der Waals surface area contributed by atoms with Crippen LogP contribution in [-0.2, 0) is 4.79 Å². The Bertz CT molecular complexity index is 489. The predicted octanol–water partition coefficient (Wildman–Crippen LogP) is 2.98. The first-order valence-electron chi connectivity index (χ1n) is 7.57. The smallest absolute Gasteiger partial charge is 0.262 e. The highest BCUT2D eigenvalue weighted by Gasteiger charge is 2.29. The van der Waals surface area contributed by atoms with Crippen LogP contribution in [0.3, 0.4) is 0 Å². The number of hydrogen-bond acceptors (Lipinski definition) is 2. The molecule has 1 aromatic rings. The van der Waals surface area contributed by atoms with Gasteiger partial charge >= 0.3 is 0 Å². The molecule has 3 nitrogen and oxygen atoms in total. The van der Waals surface area contributed by atoms with Crippen LogP contribution < -0.4 is 5.32 Å². The van der Waals surface area contributed by atoms with Crippen LogP contribution in [0.25, 0.3) is 0 Å². The molecule has 1 fully saturated rings. The van der Waals surface area contributed by atoms with Gasteiger partial charge in [0.05, 0.1) is 5.92 Å². The summed E-state index contributed by atoms with van der Waals surface area (Å²) in [5.41, 5.74) is 0.212. The zero-order valence-electron chi connectivity index (χ0n) is 12.6. The first kappa shape index (κ1) is 16.8. The van der Waals surface area contributed by atoms with Crippen molar-refractivity contribution in [3.8, 4) is 0 Å². The Labute approximate surface area is 128 Å². The predicted molar refractivity (Wildman–Crippen MR) is 78.1 cm³/mol. The number of benzene rings is 1. The van der Waals surface area contributed by atoms with Crippen molar-refractivity contribution >= 4 is 5.91 Å². The van der Waals surface area contributed by atoms with Crippen molar-refractivity contribution < 1.29 is 18.0 Å². The van der Waals surface area contributed by atoms with Gasteiger partial charge in [-0.3, -0.25) is 4.79 Å². The lowest BCUT2D eigenvalue weighted by atomic mass is 10.0. The Balaban J connectivity index is 2.02. The van der Waals surface area contributed by atoms with Crippen LogP contribution in [0.2, 0.25) is 0 Å². The third kappa shape index (κ3) is 4.22. The summed E-state index contributed by atoms with van der Waals surface area (Å²) in [7, 11) is 0. The van der Waals surface area contributed by atoms with Gasteiger partial charge in [-0.15, -0.1) is 0 Å². The van der Waals surface area contributed by atoms with Crippen LogP contribution >= 0.6 is 0 Å². The van der Waals surface area contributed by atoms with Gasteiger partial charge in [-0.2, -0.15) is 0 Å². The van der Waals surface area contributed by atoms with Gasteiger partial charge in [-0.25, -0.2) is 13.2 Å². The van der Waals surface area contributed by atoms with E-state index >= 15 is 0 Å². The van der Waals surface area contributed by atoms with Crippen molar-refractivity contribution in [2.75, 3.05) is 19.6 Å². The number of alkyl halides is 2. The average molecular weight is 314 g/mol. The molecule has 0 spiro atoms. The Morgan fingerprint density at radius 1 is 1.27 bits per heavy atom. The van der Waals surface area contributed by atoms with Gasteiger partial charge in [0.25, 0.3) is 6.43 Å². The maximum Gasteiger partial charge on any atom is 0.262 e. The van der Waals surface area contributed by atoms with Crippen molar-refractivity contribution in [2.24, 2.45) is 5.92 Å². The van der Waals surface area contributed by atoms with Crippen molar-refractivity contribution in [2.45, 2.75) is 32.2 Å². The number of nitrogens with one attached hydrogen (secondary N) is 1. The number of carbonyl (C=O) groups is 1. The lowest BCUT2D eigenvalue weighted by molar-refractivity contribution is -0.128. The molecule has 2 atom stereocenters. The molecule has 1 unspecified atom stereocenters. The molecule has 6 heteroatoms. The average Bonchev–Trinajstić information content (AvgIpc) is 2.44. The summed E-state index contributed by atoms with van der Waals surface area (Å²) in [5, 5.41) is 2.42.